The largest absolute Gasteiger partial charge is 0.352 e. The molecule has 0 aromatic heterocycles. The molecular weight excluding hydrogens is 478 g/mol. The van der Waals surface area contributed by atoms with Gasteiger partial charge < -0.3 is 15.5 Å². The topological polar surface area (TPSA) is 78.5 Å². The summed E-state index contributed by atoms with van der Waals surface area (Å²) in [6.07, 6.45) is 0.112. The van der Waals surface area contributed by atoms with Gasteiger partial charge in [-0.15, -0.1) is 0 Å². The molecule has 2 aromatic rings. The fraction of sp³-hybridized carbons (Fsp3) is 0.211. The van der Waals surface area contributed by atoms with Gasteiger partial charge in [-0.1, -0.05) is 28.1 Å². The SMILES string of the molecule is CN(CC(=O)Nc1ccccc1Br)C(=O)CCNC(=O)c1ccc(Br)cc1. The minimum Gasteiger partial charge on any atom is -0.352 e. The average Bonchev–Trinajstić information content (AvgIpc) is 2.63. The van der Waals surface area contributed by atoms with E-state index in [2.05, 4.69) is 42.5 Å². The van der Waals surface area contributed by atoms with Gasteiger partial charge in [-0.2, -0.15) is 0 Å². The van der Waals surface area contributed by atoms with Crippen LogP contribution in [0, 0.1) is 0 Å². The molecule has 0 aliphatic heterocycles. The first-order chi connectivity index (χ1) is 12.9. The predicted octanol–water partition coefficient (Wildman–Crippen LogP) is 3.43. The summed E-state index contributed by atoms with van der Waals surface area (Å²) >= 11 is 6.66. The highest BCUT2D eigenvalue weighted by molar-refractivity contribution is 9.10. The number of carbonyl (C=O) groups is 3. The summed E-state index contributed by atoms with van der Waals surface area (Å²) in [5.41, 5.74) is 1.16. The number of nitrogens with zero attached hydrogens (tertiary/aromatic N) is 1. The summed E-state index contributed by atoms with van der Waals surface area (Å²) in [6, 6.07) is 14.2. The van der Waals surface area contributed by atoms with Crippen LogP contribution in [-0.4, -0.2) is 42.8 Å². The van der Waals surface area contributed by atoms with Crippen LogP contribution in [0.4, 0.5) is 5.69 Å². The number of hydrogen-bond donors (Lipinski definition) is 2. The Labute approximate surface area is 174 Å². The number of anilines is 1. The van der Waals surface area contributed by atoms with E-state index in [9.17, 15) is 14.4 Å². The lowest BCUT2D eigenvalue weighted by Crippen LogP contribution is -2.37. The van der Waals surface area contributed by atoms with Crippen LogP contribution in [0.15, 0.2) is 57.5 Å². The minimum absolute atomic E-state index is 0.0686. The quantitative estimate of drug-likeness (QED) is 0.616. The predicted molar refractivity (Wildman–Crippen MR) is 112 cm³/mol. The van der Waals surface area contributed by atoms with Gasteiger partial charge in [0, 0.05) is 34.5 Å². The van der Waals surface area contributed by atoms with Gasteiger partial charge in [-0.3, -0.25) is 14.4 Å². The highest BCUT2D eigenvalue weighted by Crippen LogP contribution is 2.20. The standard InChI is InChI=1S/C19H19Br2N3O3/c1-24(12-17(25)23-16-5-3-2-4-15(16)21)18(26)10-11-22-19(27)13-6-8-14(20)9-7-13/h2-9H,10-12H2,1H3,(H,22,27)(H,23,25). The van der Waals surface area contributed by atoms with E-state index < -0.39 is 0 Å². The zero-order valence-electron chi connectivity index (χ0n) is 14.7. The molecule has 8 heteroatoms. The Hall–Kier alpha value is -2.19. The van der Waals surface area contributed by atoms with Gasteiger partial charge >= 0.3 is 0 Å². The molecule has 0 fully saturated rings. The van der Waals surface area contributed by atoms with Gasteiger partial charge in [0.25, 0.3) is 5.91 Å². The first-order valence-electron chi connectivity index (χ1n) is 8.19. The molecule has 0 aliphatic carbocycles. The summed E-state index contributed by atoms with van der Waals surface area (Å²) in [5.74, 6) is -0.769. The Morgan fingerprint density at radius 2 is 1.67 bits per heavy atom. The number of likely N-dealkylation sites (N-methyl/N-ethyl adjacent to an activating group) is 1. The maximum absolute atomic E-state index is 12.1. The van der Waals surface area contributed by atoms with Crippen LogP contribution in [0.1, 0.15) is 16.8 Å². The summed E-state index contributed by atoms with van der Waals surface area (Å²) in [5, 5.41) is 5.44. The molecule has 0 unspecified atom stereocenters. The van der Waals surface area contributed by atoms with Crippen molar-refractivity contribution < 1.29 is 14.4 Å². The van der Waals surface area contributed by atoms with Crippen molar-refractivity contribution in [1.29, 1.82) is 0 Å². The summed E-state index contributed by atoms with van der Waals surface area (Å²) in [6.45, 7) is 0.130. The number of rotatable bonds is 7. The van der Waals surface area contributed by atoms with Crippen molar-refractivity contribution in [2.75, 3.05) is 25.5 Å². The zero-order valence-corrected chi connectivity index (χ0v) is 17.8. The lowest BCUT2D eigenvalue weighted by atomic mass is 10.2. The highest BCUT2D eigenvalue weighted by atomic mass is 79.9. The summed E-state index contributed by atoms with van der Waals surface area (Å²) < 4.78 is 1.65. The Morgan fingerprint density at radius 1 is 1.00 bits per heavy atom. The molecule has 2 rings (SSSR count). The first-order valence-corrected chi connectivity index (χ1v) is 9.77. The number of hydrogen-bond acceptors (Lipinski definition) is 3. The van der Waals surface area contributed by atoms with Gasteiger partial charge in [0.05, 0.1) is 12.2 Å². The monoisotopic (exact) mass is 495 g/mol. The molecule has 0 aliphatic rings. The van der Waals surface area contributed by atoms with Gasteiger partial charge in [-0.25, -0.2) is 0 Å². The Balaban J connectivity index is 1.75. The molecule has 0 atom stereocenters. The average molecular weight is 497 g/mol. The molecule has 27 heavy (non-hydrogen) atoms. The third kappa shape index (κ3) is 6.80. The maximum Gasteiger partial charge on any atom is 0.251 e. The second kappa shape index (κ2) is 10.2. The molecule has 142 valence electrons. The molecule has 0 saturated carbocycles. The van der Waals surface area contributed by atoms with Gasteiger partial charge in [0.2, 0.25) is 11.8 Å². The molecule has 3 amide bonds. The first kappa shape index (κ1) is 21.1. The number of halogens is 2. The second-order valence-corrected chi connectivity index (χ2v) is 7.56. The van der Waals surface area contributed by atoms with Gasteiger partial charge in [0.1, 0.15) is 0 Å². The van der Waals surface area contributed by atoms with Crippen LogP contribution in [0.25, 0.3) is 0 Å². The van der Waals surface area contributed by atoms with Crippen LogP contribution in [-0.2, 0) is 9.59 Å². The van der Waals surface area contributed by atoms with E-state index in [4.69, 9.17) is 0 Å². The lowest BCUT2D eigenvalue weighted by molar-refractivity contribution is -0.133. The van der Waals surface area contributed by atoms with Crippen molar-refractivity contribution in [3.8, 4) is 0 Å². The van der Waals surface area contributed by atoms with Crippen LogP contribution in [0.5, 0.6) is 0 Å². The third-order valence-corrected chi connectivity index (χ3v) is 4.91. The Bertz CT molecular complexity index is 825. The van der Waals surface area contributed by atoms with Gasteiger partial charge in [-0.05, 0) is 52.3 Å². The van der Waals surface area contributed by atoms with Crippen LogP contribution < -0.4 is 10.6 Å². The van der Waals surface area contributed by atoms with Crippen molar-refractivity contribution in [1.82, 2.24) is 10.2 Å². The van der Waals surface area contributed by atoms with Gasteiger partial charge in [0.15, 0.2) is 0 Å². The molecule has 0 bridgehead atoms. The van der Waals surface area contributed by atoms with E-state index >= 15 is 0 Å². The summed E-state index contributed by atoms with van der Waals surface area (Å²) in [7, 11) is 1.55. The van der Waals surface area contributed by atoms with Crippen LogP contribution in [0.3, 0.4) is 0 Å². The Morgan fingerprint density at radius 3 is 2.33 bits per heavy atom. The van der Waals surface area contributed by atoms with Crippen molar-refractivity contribution in [2.24, 2.45) is 0 Å². The number of benzene rings is 2. The van der Waals surface area contributed by atoms with Crippen LogP contribution >= 0.6 is 31.9 Å². The van der Waals surface area contributed by atoms with Crippen molar-refractivity contribution >= 4 is 55.3 Å². The lowest BCUT2D eigenvalue weighted by Gasteiger charge is -2.17. The molecule has 0 radical (unpaired) electrons. The fourth-order valence-corrected chi connectivity index (χ4v) is 2.88. The fourth-order valence-electron chi connectivity index (χ4n) is 2.23. The van der Waals surface area contributed by atoms with Crippen molar-refractivity contribution in [2.45, 2.75) is 6.42 Å². The van der Waals surface area contributed by atoms with Crippen molar-refractivity contribution in [3.05, 3.63) is 63.0 Å². The number of nitrogens with one attached hydrogen (secondary N) is 2. The highest BCUT2D eigenvalue weighted by Gasteiger charge is 2.14. The van der Waals surface area contributed by atoms with E-state index in [-0.39, 0.29) is 37.2 Å². The van der Waals surface area contributed by atoms with Crippen molar-refractivity contribution in [3.63, 3.8) is 0 Å². The van der Waals surface area contributed by atoms with E-state index in [1.807, 2.05) is 18.2 Å². The molecule has 0 saturated heterocycles. The Kier molecular flexibility index (Phi) is 7.99. The molecule has 0 heterocycles. The number of carbonyl (C=O) groups excluding carboxylic acids is 3. The third-order valence-electron chi connectivity index (χ3n) is 3.69. The van der Waals surface area contributed by atoms with E-state index in [1.165, 1.54) is 4.90 Å². The van der Waals surface area contributed by atoms with Crippen LogP contribution in [0.2, 0.25) is 0 Å². The second-order valence-electron chi connectivity index (χ2n) is 5.79. The smallest absolute Gasteiger partial charge is 0.251 e. The number of amides is 3. The molecular formula is C19H19Br2N3O3. The molecule has 2 N–H and O–H groups in total. The maximum atomic E-state index is 12.1. The minimum atomic E-state index is -0.295. The molecule has 2 aromatic carbocycles. The normalized spacial score (nSPS) is 10.2. The van der Waals surface area contributed by atoms with E-state index in [0.29, 0.717) is 11.3 Å². The molecule has 0 spiro atoms. The number of para-hydroxylation sites is 1. The summed E-state index contributed by atoms with van der Waals surface area (Å²) in [4.78, 5) is 37.5. The van der Waals surface area contributed by atoms with E-state index in [0.717, 1.165) is 8.95 Å². The molecule has 6 nitrogen and oxygen atoms in total. The van der Waals surface area contributed by atoms with E-state index in [1.54, 1.807) is 37.4 Å². The zero-order chi connectivity index (χ0) is 19.8.